The van der Waals surface area contributed by atoms with E-state index in [1.54, 1.807) is 7.11 Å². The summed E-state index contributed by atoms with van der Waals surface area (Å²) in [5.74, 6) is 2.61. The maximum Gasteiger partial charge on any atom is 0.150 e. The molecule has 0 aliphatic carbocycles. The van der Waals surface area contributed by atoms with Gasteiger partial charge in [0.05, 0.1) is 7.11 Å². The van der Waals surface area contributed by atoms with Gasteiger partial charge in [-0.3, -0.25) is 5.10 Å². The van der Waals surface area contributed by atoms with Crippen LogP contribution in [0.2, 0.25) is 0 Å². The van der Waals surface area contributed by atoms with E-state index in [2.05, 4.69) is 15.2 Å². The summed E-state index contributed by atoms with van der Waals surface area (Å²) in [5, 5.41) is 7.05. The molecule has 0 aliphatic rings. The molecule has 0 aliphatic heterocycles. The number of nitrogens with zero attached hydrogens (tertiary/aromatic N) is 2. The number of aromatic nitrogens is 3. The van der Waals surface area contributed by atoms with Gasteiger partial charge in [0.25, 0.3) is 0 Å². The molecule has 0 saturated heterocycles. The molecule has 4 heteroatoms. The molecule has 84 valence electrons. The number of ether oxygens (including phenoxy) is 1. The third-order valence-electron chi connectivity index (χ3n) is 2.44. The first-order valence-electron chi connectivity index (χ1n) is 5.35. The number of aromatic amines is 1. The zero-order valence-electron chi connectivity index (χ0n) is 9.53. The molecule has 1 aromatic heterocycles. The van der Waals surface area contributed by atoms with Crippen LogP contribution in [0.25, 0.3) is 0 Å². The van der Waals surface area contributed by atoms with Crippen molar-refractivity contribution in [2.45, 2.75) is 19.8 Å². The quantitative estimate of drug-likeness (QED) is 0.851. The van der Waals surface area contributed by atoms with E-state index in [1.807, 2.05) is 31.2 Å². The smallest absolute Gasteiger partial charge is 0.150 e. The number of nitrogens with one attached hydrogen (secondary N) is 1. The summed E-state index contributed by atoms with van der Waals surface area (Å²) >= 11 is 0. The first kappa shape index (κ1) is 10.7. The Morgan fingerprint density at radius 3 is 2.81 bits per heavy atom. The summed E-state index contributed by atoms with van der Waals surface area (Å²) in [5.41, 5.74) is 1.11. The van der Waals surface area contributed by atoms with Crippen molar-refractivity contribution in [2.24, 2.45) is 0 Å². The van der Waals surface area contributed by atoms with Gasteiger partial charge in [-0.1, -0.05) is 25.1 Å². The zero-order chi connectivity index (χ0) is 11.4. The minimum atomic E-state index is 0.719. The van der Waals surface area contributed by atoms with Gasteiger partial charge in [0.2, 0.25) is 0 Å². The van der Waals surface area contributed by atoms with E-state index in [1.165, 1.54) is 0 Å². The Morgan fingerprint density at radius 2 is 2.12 bits per heavy atom. The van der Waals surface area contributed by atoms with E-state index >= 15 is 0 Å². The fraction of sp³-hybridized carbons (Fsp3) is 0.333. The van der Waals surface area contributed by atoms with Gasteiger partial charge >= 0.3 is 0 Å². The molecule has 1 heterocycles. The van der Waals surface area contributed by atoms with Crippen LogP contribution < -0.4 is 4.74 Å². The Bertz CT molecular complexity index is 465. The molecule has 1 N–H and O–H groups in total. The van der Waals surface area contributed by atoms with Gasteiger partial charge in [-0.15, -0.1) is 0 Å². The molecule has 2 rings (SSSR count). The minimum Gasteiger partial charge on any atom is -0.496 e. The fourth-order valence-electron chi connectivity index (χ4n) is 1.60. The Hall–Kier alpha value is -1.84. The largest absolute Gasteiger partial charge is 0.496 e. The van der Waals surface area contributed by atoms with E-state index in [0.717, 1.165) is 35.8 Å². The molecule has 0 bridgehead atoms. The third kappa shape index (κ3) is 2.21. The molecule has 2 aromatic rings. The Morgan fingerprint density at radius 1 is 1.31 bits per heavy atom. The second-order valence-corrected chi connectivity index (χ2v) is 3.54. The highest BCUT2D eigenvalue weighted by molar-refractivity contribution is 5.35. The van der Waals surface area contributed by atoms with Crippen molar-refractivity contribution in [1.29, 1.82) is 0 Å². The van der Waals surface area contributed by atoms with Crippen LogP contribution in [0, 0.1) is 0 Å². The average Bonchev–Trinajstić information content (AvgIpc) is 2.77. The molecular formula is C12H15N3O. The number of methoxy groups -OCH3 is 1. The van der Waals surface area contributed by atoms with Crippen molar-refractivity contribution in [1.82, 2.24) is 15.2 Å². The molecule has 0 fully saturated rings. The van der Waals surface area contributed by atoms with Gasteiger partial charge in [0.1, 0.15) is 17.4 Å². The second kappa shape index (κ2) is 4.79. The Kier molecular flexibility index (Phi) is 3.19. The van der Waals surface area contributed by atoms with Crippen LogP contribution in [0.1, 0.15) is 24.1 Å². The van der Waals surface area contributed by atoms with Crippen LogP contribution in [-0.4, -0.2) is 22.3 Å². The monoisotopic (exact) mass is 217 g/mol. The SMILES string of the molecule is CCc1n[nH]c(Cc2ccccc2OC)n1. The topological polar surface area (TPSA) is 50.8 Å². The zero-order valence-corrected chi connectivity index (χ0v) is 9.53. The minimum absolute atomic E-state index is 0.719. The molecule has 0 spiro atoms. The molecule has 4 nitrogen and oxygen atoms in total. The number of benzene rings is 1. The first-order chi connectivity index (χ1) is 7.83. The van der Waals surface area contributed by atoms with Crippen molar-refractivity contribution < 1.29 is 4.74 Å². The van der Waals surface area contributed by atoms with Crippen LogP contribution in [0.15, 0.2) is 24.3 Å². The summed E-state index contributed by atoms with van der Waals surface area (Å²) < 4.78 is 5.29. The summed E-state index contributed by atoms with van der Waals surface area (Å²) in [6, 6.07) is 7.94. The van der Waals surface area contributed by atoms with Crippen molar-refractivity contribution in [3.8, 4) is 5.75 Å². The maximum absolute atomic E-state index is 5.29. The van der Waals surface area contributed by atoms with Crippen LogP contribution >= 0.6 is 0 Å². The Labute approximate surface area is 94.7 Å². The van der Waals surface area contributed by atoms with Crippen LogP contribution in [0.3, 0.4) is 0 Å². The van der Waals surface area contributed by atoms with E-state index in [4.69, 9.17) is 4.74 Å². The highest BCUT2D eigenvalue weighted by Crippen LogP contribution is 2.19. The molecule has 1 aromatic carbocycles. The van der Waals surface area contributed by atoms with Gasteiger partial charge < -0.3 is 4.74 Å². The number of para-hydroxylation sites is 1. The van der Waals surface area contributed by atoms with Gasteiger partial charge in [-0.2, -0.15) is 5.10 Å². The van der Waals surface area contributed by atoms with Crippen molar-refractivity contribution in [2.75, 3.05) is 7.11 Å². The van der Waals surface area contributed by atoms with Crippen molar-refractivity contribution in [3.05, 3.63) is 41.5 Å². The molecule has 0 atom stereocenters. The van der Waals surface area contributed by atoms with Crippen molar-refractivity contribution >= 4 is 0 Å². The number of hydrogen-bond acceptors (Lipinski definition) is 3. The van der Waals surface area contributed by atoms with Crippen LogP contribution in [-0.2, 0) is 12.8 Å². The molecule has 0 radical (unpaired) electrons. The Balaban J connectivity index is 2.19. The molecule has 0 saturated carbocycles. The number of hydrogen-bond donors (Lipinski definition) is 1. The summed E-state index contributed by atoms with van der Waals surface area (Å²) in [7, 11) is 1.68. The van der Waals surface area contributed by atoms with Crippen molar-refractivity contribution in [3.63, 3.8) is 0 Å². The first-order valence-corrected chi connectivity index (χ1v) is 5.35. The lowest BCUT2D eigenvalue weighted by Gasteiger charge is -2.05. The molecule has 0 amide bonds. The second-order valence-electron chi connectivity index (χ2n) is 3.54. The fourth-order valence-corrected chi connectivity index (χ4v) is 1.60. The molecule has 0 unspecified atom stereocenters. The number of H-pyrrole nitrogens is 1. The third-order valence-corrected chi connectivity index (χ3v) is 2.44. The van der Waals surface area contributed by atoms with Gasteiger partial charge in [-0.25, -0.2) is 4.98 Å². The predicted octanol–water partition coefficient (Wildman–Crippen LogP) is 1.97. The highest BCUT2D eigenvalue weighted by atomic mass is 16.5. The van der Waals surface area contributed by atoms with E-state index < -0.39 is 0 Å². The van der Waals surface area contributed by atoms with Crippen LogP contribution in [0.4, 0.5) is 0 Å². The van der Waals surface area contributed by atoms with E-state index in [0.29, 0.717) is 0 Å². The normalized spacial score (nSPS) is 10.4. The molecule has 16 heavy (non-hydrogen) atoms. The highest BCUT2D eigenvalue weighted by Gasteiger charge is 2.06. The van der Waals surface area contributed by atoms with Crippen LogP contribution in [0.5, 0.6) is 5.75 Å². The lowest BCUT2D eigenvalue weighted by Crippen LogP contribution is -1.95. The summed E-state index contributed by atoms with van der Waals surface area (Å²) in [4.78, 5) is 4.38. The van der Waals surface area contributed by atoms with E-state index in [9.17, 15) is 0 Å². The van der Waals surface area contributed by atoms with Gasteiger partial charge in [0.15, 0.2) is 0 Å². The predicted molar refractivity (Wildman–Crippen MR) is 61.6 cm³/mol. The lowest BCUT2D eigenvalue weighted by molar-refractivity contribution is 0.410. The number of aryl methyl sites for hydroxylation is 1. The van der Waals surface area contributed by atoms with Gasteiger partial charge in [-0.05, 0) is 6.07 Å². The van der Waals surface area contributed by atoms with Gasteiger partial charge in [0, 0.05) is 18.4 Å². The average molecular weight is 217 g/mol. The maximum atomic E-state index is 5.29. The standard InChI is InChI=1S/C12H15N3O/c1-3-11-13-12(15-14-11)8-9-6-4-5-7-10(9)16-2/h4-7H,3,8H2,1-2H3,(H,13,14,15). The molecular weight excluding hydrogens is 202 g/mol. The summed E-state index contributed by atoms with van der Waals surface area (Å²) in [6.07, 6.45) is 1.57. The number of rotatable bonds is 4. The summed E-state index contributed by atoms with van der Waals surface area (Å²) in [6.45, 7) is 2.04. The van der Waals surface area contributed by atoms with E-state index in [-0.39, 0.29) is 0 Å². The lowest BCUT2D eigenvalue weighted by atomic mass is 10.1.